The van der Waals surface area contributed by atoms with Crippen LogP contribution in [0.3, 0.4) is 0 Å². The van der Waals surface area contributed by atoms with E-state index in [0.29, 0.717) is 22.4 Å². The number of benzene rings is 2. The summed E-state index contributed by atoms with van der Waals surface area (Å²) in [5.41, 5.74) is 1.66. The van der Waals surface area contributed by atoms with Gasteiger partial charge in [0.15, 0.2) is 0 Å². The number of amides is 1. The molecule has 0 aliphatic rings. The fourth-order valence-electron chi connectivity index (χ4n) is 2.89. The third kappa shape index (κ3) is 2.81. The Labute approximate surface area is 152 Å². The molecular formula is C19H15FN2OS2. The van der Waals surface area contributed by atoms with Gasteiger partial charge in [-0.2, -0.15) is 0 Å². The number of aryl methyl sites for hydroxylation is 1. The number of fused-ring (bicyclic) bond motifs is 2. The van der Waals surface area contributed by atoms with Crippen LogP contribution in [0.25, 0.3) is 20.3 Å². The van der Waals surface area contributed by atoms with Gasteiger partial charge >= 0.3 is 0 Å². The molecule has 4 aromatic rings. The Bertz CT molecular complexity index is 1070. The Balaban J connectivity index is 1.64. The Morgan fingerprint density at radius 3 is 2.64 bits per heavy atom. The predicted molar refractivity (Wildman–Crippen MR) is 102 cm³/mol. The van der Waals surface area contributed by atoms with Gasteiger partial charge in [-0.15, -0.1) is 22.7 Å². The summed E-state index contributed by atoms with van der Waals surface area (Å²) in [5.74, 6) is -0.378. The van der Waals surface area contributed by atoms with Crippen LogP contribution in [0.2, 0.25) is 0 Å². The first-order valence-electron chi connectivity index (χ1n) is 7.82. The van der Waals surface area contributed by atoms with Gasteiger partial charge in [0.1, 0.15) is 10.8 Å². The summed E-state index contributed by atoms with van der Waals surface area (Å²) in [6.07, 6.45) is 0. The Hall–Kier alpha value is -2.31. The molecule has 0 saturated heterocycles. The number of thiazole rings is 1. The minimum absolute atomic E-state index is 0.0997. The van der Waals surface area contributed by atoms with E-state index >= 15 is 0 Å². The normalized spacial score (nSPS) is 11.3. The Kier molecular flexibility index (Phi) is 4.01. The monoisotopic (exact) mass is 370 g/mol. The lowest BCUT2D eigenvalue weighted by Crippen LogP contribution is -2.25. The molecular weight excluding hydrogens is 355 g/mol. The number of carbonyl (C=O) groups excluding carboxylic acids is 1. The summed E-state index contributed by atoms with van der Waals surface area (Å²) in [6, 6.07) is 12.9. The van der Waals surface area contributed by atoms with Crippen LogP contribution in [0.15, 0.2) is 42.5 Å². The van der Waals surface area contributed by atoms with Crippen molar-refractivity contribution in [3.8, 4) is 0 Å². The van der Waals surface area contributed by atoms with Gasteiger partial charge in [0.05, 0.1) is 21.6 Å². The number of hydrogen-bond donors (Lipinski definition) is 0. The highest BCUT2D eigenvalue weighted by Gasteiger charge is 2.21. The molecule has 6 heteroatoms. The van der Waals surface area contributed by atoms with Crippen LogP contribution in [0.1, 0.15) is 20.2 Å². The maximum absolute atomic E-state index is 14.1. The van der Waals surface area contributed by atoms with Crippen molar-refractivity contribution >= 4 is 48.9 Å². The van der Waals surface area contributed by atoms with Gasteiger partial charge in [-0.3, -0.25) is 4.79 Å². The molecule has 0 atom stereocenters. The molecule has 1 amide bonds. The fraction of sp³-hybridized carbons (Fsp3) is 0.158. The number of halogens is 1. The minimum Gasteiger partial charge on any atom is -0.334 e. The maximum atomic E-state index is 14.1. The molecule has 0 spiro atoms. The van der Waals surface area contributed by atoms with E-state index in [9.17, 15) is 9.18 Å². The van der Waals surface area contributed by atoms with Crippen molar-refractivity contribution in [3.05, 3.63) is 63.7 Å². The lowest BCUT2D eigenvalue weighted by molar-refractivity contribution is 0.0789. The number of nitrogens with zero attached hydrogens (tertiary/aromatic N) is 2. The number of para-hydroxylation sites is 1. The van der Waals surface area contributed by atoms with Gasteiger partial charge < -0.3 is 4.90 Å². The quantitative estimate of drug-likeness (QED) is 0.495. The second-order valence-corrected chi connectivity index (χ2v) is 8.07. The molecule has 0 fully saturated rings. The lowest BCUT2D eigenvalue weighted by atomic mass is 10.1. The van der Waals surface area contributed by atoms with Crippen molar-refractivity contribution in [1.82, 2.24) is 9.88 Å². The van der Waals surface area contributed by atoms with Crippen molar-refractivity contribution in [1.29, 1.82) is 0 Å². The summed E-state index contributed by atoms with van der Waals surface area (Å²) >= 11 is 2.93. The molecule has 3 nitrogen and oxygen atoms in total. The first kappa shape index (κ1) is 16.2. The highest BCUT2D eigenvalue weighted by atomic mass is 32.1. The molecule has 0 N–H and O–H groups in total. The van der Waals surface area contributed by atoms with Gasteiger partial charge in [0, 0.05) is 17.1 Å². The van der Waals surface area contributed by atoms with Crippen LogP contribution in [0.5, 0.6) is 0 Å². The SMILES string of the molecule is Cc1c(C(=O)N(C)Cc2nc3ccccc3s2)sc2cccc(F)c12. The smallest absolute Gasteiger partial charge is 0.264 e. The van der Waals surface area contributed by atoms with Crippen LogP contribution in [-0.4, -0.2) is 22.8 Å². The average molecular weight is 370 g/mol. The zero-order valence-corrected chi connectivity index (χ0v) is 15.4. The van der Waals surface area contributed by atoms with Gasteiger partial charge in [0.2, 0.25) is 0 Å². The Morgan fingerprint density at radius 1 is 1.12 bits per heavy atom. The standard InChI is InChI=1S/C19H15FN2OS2/c1-11-17-12(20)6-5-9-15(17)25-18(11)19(23)22(2)10-16-21-13-7-3-4-8-14(13)24-16/h3-9H,10H2,1-2H3. The number of rotatable bonds is 3. The van der Waals surface area contributed by atoms with Crippen LogP contribution in [-0.2, 0) is 6.54 Å². The van der Waals surface area contributed by atoms with Gasteiger partial charge in [0.25, 0.3) is 5.91 Å². The average Bonchev–Trinajstić information content (AvgIpc) is 3.15. The van der Waals surface area contributed by atoms with Crippen molar-refractivity contribution in [3.63, 3.8) is 0 Å². The molecule has 2 aromatic heterocycles. The molecule has 0 saturated carbocycles. The fourth-order valence-corrected chi connectivity index (χ4v) is 5.13. The third-order valence-corrected chi connectivity index (χ3v) is 6.42. The summed E-state index contributed by atoms with van der Waals surface area (Å²) in [5, 5.41) is 1.44. The number of aromatic nitrogens is 1. The predicted octanol–water partition coefficient (Wildman–Crippen LogP) is 5.23. The first-order valence-corrected chi connectivity index (χ1v) is 9.45. The molecule has 0 unspecified atom stereocenters. The van der Waals surface area contributed by atoms with E-state index in [0.717, 1.165) is 19.9 Å². The zero-order valence-electron chi connectivity index (χ0n) is 13.7. The van der Waals surface area contributed by atoms with Crippen LogP contribution in [0, 0.1) is 12.7 Å². The van der Waals surface area contributed by atoms with E-state index in [1.54, 1.807) is 36.3 Å². The molecule has 2 heterocycles. The topological polar surface area (TPSA) is 33.2 Å². The summed E-state index contributed by atoms with van der Waals surface area (Å²) in [4.78, 5) is 19.7. The van der Waals surface area contributed by atoms with E-state index < -0.39 is 0 Å². The summed E-state index contributed by atoms with van der Waals surface area (Å²) < 4.78 is 16.0. The van der Waals surface area contributed by atoms with Crippen molar-refractivity contribution in [2.45, 2.75) is 13.5 Å². The minimum atomic E-state index is -0.279. The Morgan fingerprint density at radius 2 is 1.88 bits per heavy atom. The maximum Gasteiger partial charge on any atom is 0.264 e. The molecule has 25 heavy (non-hydrogen) atoms. The number of carbonyl (C=O) groups is 1. The first-order chi connectivity index (χ1) is 12.0. The molecule has 4 rings (SSSR count). The zero-order chi connectivity index (χ0) is 17.6. The molecule has 0 radical (unpaired) electrons. The molecule has 0 aliphatic heterocycles. The highest BCUT2D eigenvalue weighted by molar-refractivity contribution is 7.21. The molecule has 2 aromatic carbocycles. The molecule has 0 aliphatic carbocycles. The van der Waals surface area contributed by atoms with Crippen LogP contribution in [0.4, 0.5) is 4.39 Å². The molecule has 0 bridgehead atoms. The van der Waals surface area contributed by atoms with E-state index in [1.165, 1.54) is 17.4 Å². The highest BCUT2D eigenvalue weighted by Crippen LogP contribution is 2.33. The van der Waals surface area contributed by atoms with Gasteiger partial charge in [-0.1, -0.05) is 18.2 Å². The third-order valence-electron chi connectivity index (χ3n) is 4.15. The van der Waals surface area contributed by atoms with E-state index in [-0.39, 0.29) is 11.7 Å². The van der Waals surface area contributed by atoms with Crippen LogP contribution < -0.4 is 0 Å². The van der Waals surface area contributed by atoms with Gasteiger partial charge in [-0.05, 0) is 36.8 Å². The number of hydrogen-bond acceptors (Lipinski definition) is 4. The second kappa shape index (κ2) is 6.20. The van der Waals surface area contributed by atoms with Crippen molar-refractivity contribution < 1.29 is 9.18 Å². The van der Waals surface area contributed by atoms with Crippen molar-refractivity contribution in [2.24, 2.45) is 0 Å². The largest absolute Gasteiger partial charge is 0.334 e. The second-order valence-electron chi connectivity index (χ2n) is 5.91. The van der Waals surface area contributed by atoms with E-state index in [4.69, 9.17) is 0 Å². The van der Waals surface area contributed by atoms with E-state index in [2.05, 4.69) is 4.98 Å². The van der Waals surface area contributed by atoms with Gasteiger partial charge in [-0.25, -0.2) is 9.37 Å². The summed E-state index contributed by atoms with van der Waals surface area (Å²) in [6.45, 7) is 2.25. The summed E-state index contributed by atoms with van der Waals surface area (Å²) in [7, 11) is 1.76. The number of thiophene rings is 1. The lowest BCUT2D eigenvalue weighted by Gasteiger charge is -2.15. The van der Waals surface area contributed by atoms with Crippen LogP contribution >= 0.6 is 22.7 Å². The molecule has 126 valence electrons. The van der Waals surface area contributed by atoms with Crippen molar-refractivity contribution in [2.75, 3.05) is 7.05 Å². The van der Waals surface area contributed by atoms with E-state index in [1.807, 2.05) is 30.3 Å².